The third-order valence-corrected chi connectivity index (χ3v) is 6.50. The first-order valence-electron chi connectivity index (χ1n) is 11.5. The quantitative estimate of drug-likeness (QED) is 0.540. The minimum Gasteiger partial charge on any atom is -0.497 e. The van der Waals surface area contributed by atoms with Gasteiger partial charge in [0, 0.05) is 29.2 Å². The van der Waals surface area contributed by atoms with Crippen molar-refractivity contribution in [1.29, 1.82) is 0 Å². The summed E-state index contributed by atoms with van der Waals surface area (Å²) in [6.07, 6.45) is 7.27. The molecule has 31 heavy (non-hydrogen) atoms. The van der Waals surface area contributed by atoms with Crippen LogP contribution in [0.5, 0.6) is 5.75 Å². The second kappa shape index (κ2) is 9.11. The number of ether oxygens (including phenoxy) is 1. The van der Waals surface area contributed by atoms with Crippen molar-refractivity contribution in [3.63, 3.8) is 0 Å². The number of nitrogens with one attached hydrogen (secondary N) is 1. The van der Waals surface area contributed by atoms with Gasteiger partial charge in [-0.3, -0.25) is 9.88 Å². The Hall–Kier alpha value is -2.85. The van der Waals surface area contributed by atoms with Crippen LogP contribution in [0.15, 0.2) is 54.6 Å². The number of likely N-dealkylation sites (tertiary alicyclic amines) is 1. The molecule has 1 saturated heterocycles. The van der Waals surface area contributed by atoms with E-state index in [1.54, 1.807) is 7.11 Å². The van der Waals surface area contributed by atoms with Crippen molar-refractivity contribution in [2.24, 2.45) is 0 Å². The molecular formula is C27H31N3O. The van der Waals surface area contributed by atoms with Crippen LogP contribution in [0.25, 0.3) is 11.3 Å². The van der Waals surface area contributed by atoms with E-state index in [1.165, 1.54) is 61.3 Å². The average molecular weight is 414 g/mol. The van der Waals surface area contributed by atoms with Crippen molar-refractivity contribution < 1.29 is 4.74 Å². The zero-order valence-corrected chi connectivity index (χ0v) is 18.4. The van der Waals surface area contributed by atoms with Crippen LogP contribution in [0.2, 0.25) is 0 Å². The number of aryl methyl sites for hydroxylation is 1. The average Bonchev–Trinajstić information content (AvgIpc) is 3.32. The zero-order valence-electron chi connectivity index (χ0n) is 18.4. The molecule has 0 bridgehead atoms. The Morgan fingerprint density at radius 3 is 2.55 bits per heavy atom. The molecule has 4 heteroatoms. The monoisotopic (exact) mass is 413 g/mol. The molecule has 2 heterocycles. The van der Waals surface area contributed by atoms with Crippen LogP contribution in [0, 0.1) is 0 Å². The topological polar surface area (TPSA) is 37.4 Å². The fraction of sp³-hybridized carbons (Fsp3) is 0.370. The normalized spacial score (nSPS) is 16.2. The molecule has 5 rings (SSSR count). The van der Waals surface area contributed by atoms with Crippen molar-refractivity contribution >= 4 is 11.4 Å². The largest absolute Gasteiger partial charge is 0.497 e. The first kappa shape index (κ1) is 20.1. The van der Waals surface area contributed by atoms with E-state index >= 15 is 0 Å². The highest BCUT2D eigenvalue weighted by Gasteiger charge is 2.18. The summed E-state index contributed by atoms with van der Waals surface area (Å²) in [4.78, 5) is 7.59. The summed E-state index contributed by atoms with van der Waals surface area (Å²) < 4.78 is 5.32. The molecule has 0 unspecified atom stereocenters. The van der Waals surface area contributed by atoms with E-state index in [0.717, 1.165) is 42.1 Å². The minimum atomic E-state index is 0.870. The van der Waals surface area contributed by atoms with Gasteiger partial charge in [-0.15, -0.1) is 0 Å². The first-order valence-corrected chi connectivity index (χ1v) is 11.5. The molecule has 2 aliphatic rings. The maximum atomic E-state index is 5.32. The molecular weight excluding hydrogens is 382 g/mol. The Balaban J connectivity index is 1.45. The summed E-state index contributed by atoms with van der Waals surface area (Å²) in [6, 6.07) is 19.3. The maximum absolute atomic E-state index is 5.32. The Bertz CT molecular complexity index is 1040. The molecule has 0 radical (unpaired) electrons. The van der Waals surface area contributed by atoms with Crippen molar-refractivity contribution in [3.8, 4) is 17.0 Å². The van der Waals surface area contributed by atoms with Crippen LogP contribution in [-0.4, -0.2) is 30.1 Å². The second-order valence-electron chi connectivity index (χ2n) is 8.72. The molecule has 0 saturated carbocycles. The molecule has 1 aliphatic heterocycles. The van der Waals surface area contributed by atoms with E-state index in [-0.39, 0.29) is 0 Å². The molecule has 0 atom stereocenters. The molecule has 4 nitrogen and oxygen atoms in total. The number of benzene rings is 2. The van der Waals surface area contributed by atoms with Crippen molar-refractivity contribution in [1.82, 2.24) is 9.88 Å². The van der Waals surface area contributed by atoms with E-state index in [1.807, 2.05) is 12.1 Å². The Morgan fingerprint density at radius 1 is 0.935 bits per heavy atom. The lowest BCUT2D eigenvalue weighted by molar-refractivity contribution is 0.331. The van der Waals surface area contributed by atoms with Crippen molar-refractivity contribution in [2.75, 3.05) is 25.5 Å². The fourth-order valence-corrected chi connectivity index (χ4v) is 4.83. The zero-order chi connectivity index (χ0) is 21.0. The number of anilines is 2. The van der Waals surface area contributed by atoms with Gasteiger partial charge in [-0.1, -0.05) is 12.1 Å². The fourth-order valence-electron chi connectivity index (χ4n) is 4.83. The van der Waals surface area contributed by atoms with E-state index < -0.39 is 0 Å². The van der Waals surface area contributed by atoms with Gasteiger partial charge in [-0.25, -0.2) is 0 Å². The van der Waals surface area contributed by atoms with Gasteiger partial charge in [-0.2, -0.15) is 0 Å². The highest BCUT2D eigenvalue weighted by atomic mass is 16.5. The molecule has 3 aromatic rings. The van der Waals surface area contributed by atoms with Crippen LogP contribution in [0.1, 0.15) is 42.5 Å². The molecule has 0 amide bonds. The SMILES string of the molecule is COc1ccc(-c2cc(Nc3cccc(CN4CCCC4)c3)c3c(n2)CCCC3)cc1. The first-order chi connectivity index (χ1) is 15.3. The molecule has 2 aromatic carbocycles. The number of methoxy groups -OCH3 is 1. The minimum absolute atomic E-state index is 0.870. The van der Waals surface area contributed by atoms with Crippen LogP contribution < -0.4 is 10.1 Å². The lowest BCUT2D eigenvalue weighted by Gasteiger charge is -2.22. The van der Waals surface area contributed by atoms with Crippen LogP contribution >= 0.6 is 0 Å². The van der Waals surface area contributed by atoms with Crippen LogP contribution in [0.3, 0.4) is 0 Å². The highest BCUT2D eigenvalue weighted by Crippen LogP contribution is 2.33. The van der Waals surface area contributed by atoms with Crippen LogP contribution in [0.4, 0.5) is 11.4 Å². The number of aromatic nitrogens is 1. The number of hydrogen-bond donors (Lipinski definition) is 1. The van der Waals surface area contributed by atoms with Gasteiger partial charge in [0.05, 0.1) is 12.8 Å². The number of hydrogen-bond acceptors (Lipinski definition) is 4. The second-order valence-corrected chi connectivity index (χ2v) is 8.72. The van der Waals surface area contributed by atoms with Gasteiger partial charge in [0.25, 0.3) is 0 Å². The number of fused-ring (bicyclic) bond motifs is 1. The summed E-state index contributed by atoms with van der Waals surface area (Å²) in [5.41, 5.74) is 8.53. The molecule has 0 spiro atoms. The van der Waals surface area contributed by atoms with Crippen molar-refractivity contribution in [3.05, 3.63) is 71.4 Å². The van der Waals surface area contributed by atoms with Gasteiger partial charge in [-0.05, 0) is 105 Å². The lowest BCUT2D eigenvalue weighted by atomic mass is 9.93. The standard InChI is InChI=1S/C27H31N3O/c1-31-23-13-11-21(12-14-23)26-18-27(24-9-2-3-10-25(24)29-26)28-22-8-6-7-20(17-22)19-30-15-4-5-16-30/h6-8,11-14,17-18H,2-5,9-10,15-16,19H2,1H3,(H,28,29). The maximum Gasteiger partial charge on any atom is 0.118 e. The molecule has 1 aliphatic carbocycles. The third-order valence-electron chi connectivity index (χ3n) is 6.50. The van der Waals surface area contributed by atoms with E-state index in [2.05, 4.69) is 52.7 Å². The van der Waals surface area contributed by atoms with Gasteiger partial charge in [0.1, 0.15) is 5.75 Å². The number of pyridine rings is 1. The molecule has 160 valence electrons. The number of rotatable bonds is 6. The van der Waals surface area contributed by atoms with Gasteiger partial charge in [0.15, 0.2) is 0 Å². The smallest absolute Gasteiger partial charge is 0.118 e. The summed E-state index contributed by atoms with van der Waals surface area (Å²) >= 11 is 0. The number of nitrogens with zero attached hydrogens (tertiary/aromatic N) is 2. The molecule has 1 aromatic heterocycles. The highest BCUT2D eigenvalue weighted by molar-refractivity contribution is 5.72. The third kappa shape index (κ3) is 4.59. The van der Waals surface area contributed by atoms with Gasteiger partial charge >= 0.3 is 0 Å². The predicted molar refractivity (Wildman–Crippen MR) is 127 cm³/mol. The van der Waals surface area contributed by atoms with E-state index in [4.69, 9.17) is 9.72 Å². The summed E-state index contributed by atoms with van der Waals surface area (Å²) in [5.74, 6) is 0.870. The Morgan fingerprint density at radius 2 is 1.74 bits per heavy atom. The van der Waals surface area contributed by atoms with Crippen LogP contribution in [-0.2, 0) is 19.4 Å². The summed E-state index contributed by atoms with van der Waals surface area (Å²) in [6.45, 7) is 3.49. The van der Waals surface area contributed by atoms with Crippen molar-refractivity contribution in [2.45, 2.75) is 45.1 Å². The Labute approximate surface area is 185 Å². The van der Waals surface area contributed by atoms with E-state index in [9.17, 15) is 0 Å². The van der Waals surface area contributed by atoms with E-state index in [0.29, 0.717) is 0 Å². The molecule has 1 fully saturated rings. The summed E-state index contributed by atoms with van der Waals surface area (Å²) in [5, 5.41) is 3.75. The molecule has 1 N–H and O–H groups in total. The lowest BCUT2D eigenvalue weighted by Crippen LogP contribution is -2.18. The van der Waals surface area contributed by atoms with Gasteiger partial charge < -0.3 is 10.1 Å². The predicted octanol–water partition coefficient (Wildman–Crippen LogP) is 5.98. The van der Waals surface area contributed by atoms with Gasteiger partial charge in [0.2, 0.25) is 0 Å². The summed E-state index contributed by atoms with van der Waals surface area (Å²) in [7, 11) is 1.70. The Kier molecular flexibility index (Phi) is 5.90.